The van der Waals surface area contributed by atoms with Crippen molar-refractivity contribution in [3.8, 4) is 0 Å². The number of esters is 1. The highest BCUT2D eigenvalue weighted by Gasteiger charge is 2.77. The summed E-state index contributed by atoms with van der Waals surface area (Å²) >= 11 is 0. The average Bonchev–Trinajstić information content (AvgIpc) is 3.34. The molecular formula is C23H27NO4. The number of aliphatic hydroxyl groups is 1. The van der Waals surface area contributed by atoms with Crippen LogP contribution in [-0.2, 0) is 20.7 Å². The topological polar surface area (TPSA) is 66.6 Å². The summed E-state index contributed by atoms with van der Waals surface area (Å²) in [6.07, 6.45) is 5.01. The van der Waals surface area contributed by atoms with Crippen LogP contribution in [0, 0.1) is 17.3 Å². The molecule has 3 fully saturated rings. The second kappa shape index (κ2) is 5.47. The summed E-state index contributed by atoms with van der Waals surface area (Å²) in [6, 6.07) is 8.32. The number of rotatable bonds is 2. The Morgan fingerprint density at radius 3 is 2.61 bits per heavy atom. The summed E-state index contributed by atoms with van der Waals surface area (Å²) in [5.74, 6) is -0.559. The summed E-state index contributed by atoms with van der Waals surface area (Å²) in [6.45, 7) is 6.51. The van der Waals surface area contributed by atoms with Crippen molar-refractivity contribution in [2.75, 3.05) is 11.4 Å². The van der Waals surface area contributed by atoms with E-state index in [0.717, 1.165) is 24.9 Å². The van der Waals surface area contributed by atoms with E-state index in [4.69, 9.17) is 4.74 Å². The fourth-order valence-electron chi connectivity index (χ4n) is 5.98. The number of nitrogens with zero attached hydrogens (tertiary/aromatic N) is 1. The van der Waals surface area contributed by atoms with Gasteiger partial charge >= 0.3 is 5.97 Å². The number of aryl methyl sites for hydroxylation is 1. The molecule has 1 N–H and O–H groups in total. The number of anilines is 1. The van der Waals surface area contributed by atoms with Crippen LogP contribution in [0.3, 0.4) is 0 Å². The lowest BCUT2D eigenvalue weighted by Crippen LogP contribution is -2.57. The Labute approximate surface area is 165 Å². The second-order valence-electron chi connectivity index (χ2n) is 9.17. The van der Waals surface area contributed by atoms with Gasteiger partial charge in [-0.15, -0.1) is 0 Å². The van der Waals surface area contributed by atoms with Crippen LogP contribution in [0.1, 0.15) is 39.2 Å². The molecule has 0 amide bonds. The quantitative estimate of drug-likeness (QED) is 0.630. The maximum atomic E-state index is 13.1. The third-order valence-corrected chi connectivity index (χ3v) is 8.06. The van der Waals surface area contributed by atoms with Gasteiger partial charge in [0.15, 0.2) is 11.3 Å². The first-order chi connectivity index (χ1) is 13.3. The third-order valence-electron chi connectivity index (χ3n) is 8.06. The van der Waals surface area contributed by atoms with Gasteiger partial charge in [0.2, 0.25) is 0 Å². The van der Waals surface area contributed by atoms with Crippen LogP contribution in [0.4, 0.5) is 5.69 Å². The molecule has 2 aliphatic heterocycles. The molecule has 148 valence electrons. The maximum absolute atomic E-state index is 13.1. The fourth-order valence-corrected chi connectivity index (χ4v) is 5.98. The van der Waals surface area contributed by atoms with E-state index in [0.29, 0.717) is 6.54 Å². The third kappa shape index (κ3) is 1.91. The van der Waals surface area contributed by atoms with Gasteiger partial charge in [-0.05, 0) is 62.0 Å². The van der Waals surface area contributed by atoms with Crippen LogP contribution in [0.5, 0.6) is 0 Å². The van der Waals surface area contributed by atoms with Crippen LogP contribution < -0.4 is 4.90 Å². The van der Waals surface area contributed by atoms with Gasteiger partial charge in [0.05, 0.1) is 12.0 Å². The van der Waals surface area contributed by atoms with Crippen molar-refractivity contribution in [3.63, 3.8) is 0 Å². The monoisotopic (exact) mass is 381 g/mol. The number of allylic oxidation sites excluding steroid dienone is 1. The van der Waals surface area contributed by atoms with E-state index < -0.39 is 22.7 Å². The SMILES string of the molecule is CCc1ccc(N2CC23C(=O)OC2C3CC[C@H](C)[C@]3(O)C=CC(=O)[C@@]23C)cc1. The van der Waals surface area contributed by atoms with Gasteiger partial charge in [-0.25, -0.2) is 4.79 Å². The molecule has 28 heavy (non-hydrogen) atoms. The highest BCUT2D eigenvalue weighted by atomic mass is 16.6. The van der Waals surface area contributed by atoms with E-state index in [1.807, 2.05) is 6.92 Å². The van der Waals surface area contributed by atoms with E-state index in [9.17, 15) is 14.7 Å². The Morgan fingerprint density at radius 2 is 1.93 bits per heavy atom. The Balaban J connectivity index is 1.54. The Kier molecular flexibility index (Phi) is 3.50. The molecule has 6 atom stereocenters. The zero-order chi connectivity index (χ0) is 19.9. The average molecular weight is 381 g/mol. The highest BCUT2D eigenvalue weighted by molar-refractivity contribution is 6.02. The highest BCUT2D eigenvalue weighted by Crippen LogP contribution is 2.62. The van der Waals surface area contributed by atoms with Crippen LogP contribution in [-0.4, -0.2) is 40.6 Å². The summed E-state index contributed by atoms with van der Waals surface area (Å²) < 4.78 is 5.92. The van der Waals surface area contributed by atoms with Crippen molar-refractivity contribution in [2.24, 2.45) is 17.3 Å². The summed E-state index contributed by atoms with van der Waals surface area (Å²) in [5.41, 5.74) is -0.807. The summed E-state index contributed by atoms with van der Waals surface area (Å²) in [4.78, 5) is 28.1. The standard InChI is InChI=1S/C23H27NO4/c1-4-15-6-8-16(9-7-15)24-13-22(24)17-10-5-14(2)23(27)12-11-18(25)21(23,3)19(17)28-20(22)26/h6-9,11-12,14,17,19,27H,4-5,10,13H2,1-3H3/t14-,17?,19?,21-,22?,23+,24?/m0/s1. The first-order valence-electron chi connectivity index (χ1n) is 10.3. The molecular weight excluding hydrogens is 354 g/mol. The van der Waals surface area contributed by atoms with E-state index in [1.165, 1.54) is 11.6 Å². The molecule has 4 aliphatic rings. The van der Waals surface area contributed by atoms with Crippen molar-refractivity contribution in [1.29, 1.82) is 0 Å². The molecule has 2 heterocycles. The van der Waals surface area contributed by atoms with Crippen molar-refractivity contribution < 1.29 is 19.4 Å². The van der Waals surface area contributed by atoms with Gasteiger partial charge in [0, 0.05) is 11.6 Å². The summed E-state index contributed by atoms with van der Waals surface area (Å²) in [7, 11) is 0. The Hall–Kier alpha value is -2.14. The maximum Gasteiger partial charge on any atom is 0.334 e. The van der Waals surface area contributed by atoms with Crippen LogP contribution in [0.25, 0.3) is 0 Å². The number of ether oxygens (including phenoxy) is 1. The van der Waals surface area contributed by atoms with Crippen molar-refractivity contribution in [2.45, 2.75) is 57.3 Å². The molecule has 1 aromatic rings. The molecule has 1 spiro atoms. The predicted molar refractivity (Wildman–Crippen MR) is 105 cm³/mol. The molecule has 5 heteroatoms. The van der Waals surface area contributed by atoms with Crippen molar-refractivity contribution in [3.05, 3.63) is 42.0 Å². The molecule has 1 aromatic carbocycles. The lowest BCUT2D eigenvalue weighted by Gasteiger charge is -2.43. The number of hydrogen-bond donors (Lipinski definition) is 1. The van der Waals surface area contributed by atoms with Crippen molar-refractivity contribution in [1.82, 2.24) is 0 Å². The summed E-state index contributed by atoms with van der Waals surface area (Å²) in [5, 5.41) is 11.4. The van der Waals surface area contributed by atoms with E-state index in [1.54, 1.807) is 13.0 Å². The van der Waals surface area contributed by atoms with Crippen LogP contribution >= 0.6 is 0 Å². The smallest absolute Gasteiger partial charge is 0.334 e. The number of carbonyl (C=O) groups excluding carboxylic acids is 2. The molecule has 5 rings (SSSR count). The fraction of sp³-hybridized carbons (Fsp3) is 0.565. The van der Waals surface area contributed by atoms with E-state index in [-0.39, 0.29) is 23.6 Å². The number of ketones is 1. The lowest BCUT2D eigenvalue weighted by atomic mass is 9.64. The largest absolute Gasteiger partial charge is 0.459 e. The minimum atomic E-state index is -1.27. The van der Waals surface area contributed by atoms with Gasteiger partial charge < -0.3 is 14.7 Å². The van der Waals surface area contributed by atoms with Crippen LogP contribution in [0.2, 0.25) is 0 Å². The Bertz CT molecular complexity index is 892. The molecule has 2 saturated heterocycles. The Morgan fingerprint density at radius 1 is 1.21 bits per heavy atom. The van der Waals surface area contributed by atoms with Gasteiger partial charge in [0.25, 0.3) is 0 Å². The van der Waals surface area contributed by atoms with Gasteiger partial charge in [-0.1, -0.05) is 26.0 Å². The van der Waals surface area contributed by atoms with E-state index in [2.05, 4.69) is 36.1 Å². The minimum absolute atomic E-state index is 0.0717. The molecule has 2 aliphatic carbocycles. The van der Waals surface area contributed by atoms with Gasteiger partial charge in [0.1, 0.15) is 11.7 Å². The number of benzene rings is 1. The molecule has 0 bridgehead atoms. The first-order valence-corrected chi connectivity index (χ1v) is 10.3. The molecule has 1 saturated carbocycles. The van der Waals surface area contributed by atoms with Crippen LogP contribution in [0.15, 0.2) is 36.4 Å². The first kappa shape index (κ1) is 17.9. The number of carbonyl (C=O) groups is 2. The van der Waals surface area contributed by atoms with Gasteiger partial charge in [-0.2, -0.15) is 0 Å². The lowest BCUT2D eigenvalue weighted by molar-refractivity contribution is -0.166. The zero-order valence-electron chi connectivity index (χ0n) is 16.6. The van der Waals surface area contributed by atoms with Gasteiger partial charge in [-0.3, -0.25) is 4.79 Å². The minimum Gasteiger partial charge on any atom is -0.459 e. The number of hydrogen-bond acceptors (Lipinski definition) is 5. The molecule has 3 unspecified atom stereocenters. The second-order valence-corrected chi connectivity index (χ2v) is 9.17. The molecule has 0 radical (unpaired) electrons. The van der Waals surface area contributed by atoms with E-state index >= 15 is 0 Å². The number of fused-ring (bicyclic) bond motifs is 4. The predicted octanol–water partition coefficient (Wildman–Crippen LogP) is 2.66. The molecule has 5 nitrogen and oxygen atoms in total. The van der Waals surface area contributed by atoms with Crippen molar-refractivity contribution >= 4 is 17.4 Å². The normalized spacial score (nSPS) is 43.7. The zero-order valence-corrected chi connectivity index (χ0v) is 16.6. The molecule has 0 aromatic heterocycles.